The number of aliphatic hydroxyl groups is 3. The zero-order valence-corrected chi connectivity index (χ0v) is 26.4. The zero-order valence-electron chi connectivity index (χ0n) is 26.4. The number of ether oxygens (including phenoxy) is 6. The van der Waals surface area contributed by atoms with Gasteiger partial charge in [0, 0.05) is 83.1 Å². The van der Waals surface area contributed by atoms with Crippen molar-refractivity contribution >= 4 is 5.97 Å². The maximum absolute atomic E-state index is 13.7. The Kier molecular flexibility index (Phi) is 7.33. The van der Waals surface area contributed by atoms with Crippen molar-refractivity contribution in [1.29, 1.82) is 0 Å². The Labute approximate surface area is 258 Å². The lowest BCUT2D eigenvalue weighted by Gasteiger charge is -2.70. The first-order chi connectivity index (χ1) is 21.1. The molecule has 3 N–H and O–H groups in total. The van der Waals surface area contributed by atoms with Crippen LogP contribution in [0.3, 0.4) is 0 Å². The highest BCUT2D eigenvalue weighted by molar-refractivity contribution is 5.89. The van der Waals surface area contributed by atoms with Crippen LogP contribution in [-0.2, 0) is 28.4 Å². The van der Waals surface area contributed by atoms with Gasteiger partial charge in [0.25, 0.3) is 0 Å². The largest absolute Gasteiger partial charge is 0.455 e. The van der Waals surface area contributed by atoms with E-state index < -0.39 is 76.5 Å². The third-order valence-electron chi connectivity index (χ3n) is 13.2. The first kappa shape index (κ1) is 31.0. The van der Waals surface area contributed by atoms with Crippen molar-refractivity contribution in [2.45, 2.75) is 73.6 Å². The SMILES string of the molecule is CCN1C[C@]2(COC)[C@H](O)C[C@H](OC)[C@@]34[C@@H]5C[C@]6(O)[C@H](OC(=O)c7ccccc7)[C@@H]5[C@@](OC)([C@H]([C@H](OC)[C@H]23)[C@@H]14)[C@@H](O)[C@@H]6OC. The Hall–Kier alpha value is -1.67. The molecule has 1 aliphatic heterocycles. The standard InChI is InChI=1S/C33H47NO10/c1-7-34-15-30(16-39-2)19(35)13-20(40-3)32-18-14-31(38)27(44-29(37)17-11-9-8-10-12-17)21(18)33(43-6,26(36)28(31)42-5)22(25(32)34)23(41-4)24(30)32/h8-12,18-28,35-36,38H,7,13-16H2,1-6H3/t18-,19-,20+,21-,22-,23+,24-,25-,26+,27-,28+,30+,31+,32+,33-/m1/s1. The number of likely N-dealkylation sites (tertiary alicyclic amines) is 1. The van der Waals surface area contributed by atoms with Crippen LogP contribution in [-0.4, -0.2) is 135 Å². The average Bonchev–Trinajstić information content (AvgIpc) is 3.40. The number of piperidine rings is 1. The van der Waals surface area contributed by atoms with Gasteiger partial charge >= 0.3 is 5.97 Å². The van der Waals surface area contributed by atoms with Crippen molar-refractivity contribution in [2.75, 3.05) is 55.2 Å². The minimum absolute atomic E-state index is 0.177. The van der Waals surface area contributed by atoms with Gasteiger partial charge in [-0.2, -0.15) is 0 Å². The lowest BCUT2D eigenvalue weighted by Crippen LogP contribution is -2.81. The maximum atomic E-state index is 13.7. The summed E-state index contributed by atoms with van der Waals surface area (Å²) in [5, 5.41) is 37.1. The van der Waals surface area contributed by atoms with Crippen molar-refractivity contribution in [3.8, 4) is 0 Å². The summed E-state index contributed by atoms with van der Waals surface area (Å²) in [6.45, 7) is 3.68. The zero-order chi connectivity index (χ0) is 31.4. The third kappa shape index (κ3) is 3.31. The molecule has 7 bridgehead atoms. The predicted octanol–water partition coefficient (Wildman–Crippen LogP) is 0.731. The molecule has 0 unspecified atom stereocenters. The fourth-order valence-corrected chi connectivity index (χ4v) is 12.3. The molecule has 244 valence electrons. The number of carbonyl (C=O) groups is 1. The number of nitrogens with zero attached hydrogens (tertiary/aromatic N) is 1. The molecule has 11 nitrogen and oxygen atoms in total. The van der Waals surface area contributed by atoms with E-state index in [1.54, 1.807) is 52.7 Å². The number of benzene rings is 1. The Balaban J connectivity index is 1.50. The second-order valence-electron chi connectivity index (χ2n) is 14.0. The molecule has 5 aliphatic carbocycles. The smallest absolute Gasteiger partial charge is 0.338 e. The molecule has 5 saturated carbocycles. The molecule has 7 rings (SSSR count). The van der Waals surface area contributed by atoms with Crippen LogP contribution in [0.25, 0.3) is 0 Å². The minimum atomic E-state index is -1.71. The van der Waals surface area contributed by atoms with Crippen LogP contribution >= 0.6 is 0 Å². The van der Waals surface area contributed by atoms with Crippen LogP contribution < -0.4 is 0 Å². The number of fused-ring (bicyclic) bond motifs is 2. The Bertz CT molecular complexity index is 1270. The number of hydrogen-bond acceptors (Lipinski definition) is 11. The van der Waals surface area contributed by atoms with Crippen LogP contribution in [0.5, 0.6) is 0 Å². The van der Waals surface area contributed by atoms with Crippen LogP contribution in [0.15, 0.2) is 30.3 Å². The molecule has 6 aliphatic rings. The summed E-state index contributed by atoms with van der Waals surface area (Å²) in [5.41, 5.74) is -4.01. The Morgan fingerprint density at radius 2 is 1.73 bits per heavy atom. The number of aliphatic hydroxyl groups excluding tert-OH is 2. The van der Waals surface area contributed by atoms with Crippen molar-refractivity contribution in [2.24, 2.45) is 34.5 Å². The van der Waals surface area contributed by atoms with Crippen LogP contribution in [0.2, 0.25) is 0 Å². The fraction of sp³-hybridized carbons (Fsp3) is 0.788. The predicted molar refractivity (Wildman–Crippen MR) is 156 cm³/mol. The lowest BCUT2D eigenvalue weighted by atomic mass is 9.42. The normalized spacial score (nSPS) is 51.8. The third-order valence-corrected chi connectivity index (χ3v) is 13.2. The van der Waals surface area contributed by atoms with Gasteiger partial charge in [-0.1, -0.05) is 25.1 Å². The number of rotatable bonds is 9. The van der Waals surface area contributed by atoms with Crippen molar-refractivity contribution in [1.82, 2.24) is 4.90 Å². The molecule has 1 aromatic rings. The van der Waals surface area contributed by atoms with Crippen LogP contribution in [0.4, 0.5) is 0 Å². The molecule has 44 heavy (non-hydrogen) atoms. The van der Waals surface area contributed by atoms with Gasteiger partial charge in [0.15, 0.2) is 0 Å². The first-order valence-corrected chi connectivity index (χ1v) is 15.8. The van der Waals surface area contributed by atoms with Gasteiger partial charge < -0.3 is 43.7 Å². The molecule has 0 aromatic heterocycles. The van der Waals surface area contributed by atoms with Crippen molar-refractivity contribution in [3.05, 3.63) is 35.9 Å². The van der Waals surface area contributed by atoms with E-state index in [9.17, 15) is 20.1 Å². The summed E-state index contributed by atoms with van der Waals surface area (Å²) < 4.78 is 37.7. The molecule has 15 atom stereocenters. The second-order valence-corrected chi connectivity index (χ2v) is 14.0. The molecular weight excluding hydrogens is 570 g/mol. The molecule has 1 spiro atoms. The molecule has 1 saturated heterocycles. The van der Waals surface area contributed by atoms with E-state index in [1.165, 1.54) is 7.11 Å². The molecule has 1 aromatic carbocycles. The number of hydrogen-bond donors (Lipinski definition) is 3. The number of esters is 1. The molecule has 0 amide bonds. The van der Waals surface area contributed by atoms with E-state index >= 15 is 0 Å². The summed E-state index contributed by atoms with van der Waals surface area (Å²) in [4.78, 5) is 16.1. The van der Waals surface area contributed by atoms with Gasteiger partial charge in [-0.05, 0) is 31.0 Å². The quantitative estimate of drug-likeness (QED) is 0.339. The van der Waals surface area contributed by atoms with E-state index in [2.05, 4.69) is 11.8 Å². The highest BCUT2D eigenvalue weighted by Crippen LogP contribution is 2.80. The van der Waals surface area contributed by atoms with Gasteiger partial charge in [-0.25, -0.2) is 4.79 Å². The van der Waals surface area contributed by atoms with Crippen molar-refractivity contribution < 1.29 is 48.5 Å². The van der Waals surface area contributed by atoms with Crippen molar-refractivity contribution in [3.63, 3.8) is 0 Å². The summed E-state index contributed by atoms with van der Waals surface area (Å²) in [6, 6.07) is 8.55. The average molecular weight is 618 g/mol. The molecule has 11 heteroatoms. The van der Waals surface area contributed by atoms with Gasteiger partial charge in [0.2, 0.25) is 0 Å². The molecule has 1 heterocycles. The van der Waals surface area contributed by atoms with E-state index in [-0.39, 0.29) is 24.3 Å². The van der Waals surface area contributed by atoms with Gasteiger partial charge in [0.1, 0.15) is 29.5 Å². The van der Waals surface area contributed by atoms with Crippen LogP contribution in [0.1, 0.15) is 30.1 Å². The lowest BCUT2D eigenvalue weighted by molar-refractivity contribution is -0.325. The van der Waals surface area contributed by atoms with E-state index in [0.29, 0.717) is 31.7 Å². The summed E-state index contributed by atoms with van der Waals surface area (Å²) in [5.74, 6) is -2.20. The second kappa shape index (κ2) is 10.4. The highest BCUT2D eigenvalue weighted by Gasteiger charge is 2.91. The van der Waals surface area contributed by atoms with E-state index in [0.717, 1.165) is 0 Å². The summed E-state index contributed by atoms with van der Waals surface area (Å²) in [7, 11) is 8.09. The topological polar surface area (TPSA) is 136 Å². The Morgan fingerprint density at radius 1 is 1.00 bits per heavy atom. The fourth-order valence-electron chi connectivity index (χ4n) is 12.3. The van der Waals surface area contributed by atoms with E-state index in [1.807, 2.05) is 6.07 Å². The van der Waals surface area contributed by atoms with Gasteiger partial charge in [-0.3, -0.25) is 4.90 Å². The van der Waals surface area contributed by atoms with Gasteiger partial charge in [0.05, 0.1) is 30.5 Å². The first-order valence-electron chi connectivity index (χ1n) is 15.8. The highest BCUT2D eigenvalue weighted by atomic mass is 16.6. The summed E-state index contributed by atoms with van der Waals surface area (Å²) >= 11 is 0. The summed E-state index contributed by atoms with van der Waals surface area (Å²) in [6.07, 6.45) is -4.42. The molecular formula is C33H47NO10. The minimum Gasteiger partial charge on any atom is -0.455 e. The monoisotopic (exact) mass is 617 g/mol. The van der Waals surface area contributed by atoms with Crippen LogP contribution in [0, 0.1) is 34.5 Å². The molecule has 0 radical (unpaired) electrons. The van der Waals surface area contributed by atoms with Gasteiger partial charge in [-0.15, -0.1) is 0 Å². The Morgan fingerprint density at radius 3 is 2.32 bits per heavy atom. The molecule has 6 fully saturated rings. The number of carbonyl (C=O) groups excluding carboxylic acids is 1. The van der Waals surface area contributed by atoms with E-state index in [4.69, 9.17) is 28.4 Å². The number of methoxy groups -OCH3 is 5. The maximum Gasteiger partial charge on any atom is 0.338 e.